The lowest BCUT2D eigenvalue weighted by molar-refractivity contribution is 0.0408. The van der Waals surface area contributed by atoms with Crippen LogP contribution in [0.15, 0.2) is 0 Å². The lowest BCUT2D eigenvalue weighted by atomic mass is 9.95. The second-order valence-electron chi connectivity index (χ2n) is 4.09. The maximum absolute atomic E-state index is 11.2. The number of rotatable bonds is 7. The maximum Gasteiger partial charge on any atom is 0.150 e. The highest BCUT2D eigenvalue weighted by atomic mass is 32.2. The first-order valence-corrected chi connectivity index (χ1v) is 7.08. The van der Waals surface area contributed by atoms with Crippen LogP contribution in [0.5, 0.6) is 0 Å². The van der Waals surface area contributed by atoms with E-state index < -0.39 is 15.4 Å². The third-order valence-corrected chi connectivity index (χ3v) is 4.19. The monoisotopic (exact) mass is 222 g/mol. The van der Waals surface area contributed by atoms with E-state index in [0.29, 0.717) is 12.8 Å². The normalized spacial score (nSPS) is 16.6. The van der Waals surface area contributed by atoms with Gasteiger partial charge in [0.05, 0.1) is 11.4 Å². The van der Waals surface area contributed by atoms with E-state index in [2.05, 4.69) is 0 Å². The number of sulfone groups is 1. The molecule has 0 radical (unpaired) electrons. The Bertz CT molecular complexity index is 242. The molecular weight excluding hydrogens is 200 g/mol. The van der Waals surface area contributed by atoms with E-state index in [4.69, 9.17) is 0 Å². The van der Waals surface area contributed by atoms with Crippen LogP contribution >= 0.6 is 0 Å². The van der Waals surface area contributed by atoms with Gasteiger partial charge in [-0.2, -0.15) is 0 Å². The fourth-order valence-electron chi connectivity index (χ4n) is 1.48. The topological polar surface area (TPSA) is 54.4 Å². The third-order valence-electron chi connectivity index (χ3n) is 2.40. The van der Waals surface area contributed by atoms with Gasteiger partial charge in [0.1, 0.15) is 9.84 Å². The minimum atomic E-state index is -2.87. The van der Waals surface area contributed by atoms with Crippen molar-refractivity contribution in [2.45, 2.75) is 52.1 Å². The van der Waals surface area contributed by atoms with Crippen molar-refractivity contribution in [3.63, 3.8) is 0 Å². The first-order chi connectivity index (χ1) is 6.33. The van der Waals surface area contributed by atoms with Gasteiger partial charge in [0.25, 0.3) is 0 Å². The third kappa shape index (κ3) is 6.38. The predicted molar refractivity (Wildman–Crippen MR) is 59.1 cm³/mol. The molecule has 0 heterocycles. The summed E-state index contributed by atoms with van der Waals surface area (Å²) < 4.78 is 22.3. The zero-order chi connectivity index (χ0) is 11.2. The molecule has 0 aliphatic heterocycles. The van der Waals surface area contributed by atoms with E-state index in [1.807, 2.05) is 6.92 Å². The van der Waals surface area contributed by atoms with Crippen molar-refractivity contribution in [1.82, 2.24) is 0 Å². The van der Waals surface area contributed by atoms with Crippen LogP contribution in [0.2, 0.25) is 0 Å². The highest BCUT2D eigenvalue weighted by Gasteiger charge is 2.19. The van der Waals surface area contributed by atoms with Crippen molar-refractivity contribution >= 4 is 9.84 Å². The van der Waals surface area contributed by atoms with Gasteiger partial charge >= 0.3 is 0 Å². The number of hydrogen-bond donors (Lipinski definition) is 1. The van der Waals surface area contributed by atoms with E-state index in [-0.39, 0.29) is 11.5 Å². The molecule has 0 saturated carbocycles. The molecule has 3 nitrogen and oxygen atoms in total. The van der Waals surface area contributed by atoms with Gasteiger partial charge in [-0.05, 0) is 26.2 Å². The van der Waals surface area contributed by atoms with Crippen LogP contribution < -0.4 is 0 Å². The SMILES string of the molecule is CCCC(C)(O)CCCS(=O)(=O)CC. The molecule has 0 aromatic rings. The summed E-state index contributed by atoms with van der Waals surface area (Å²) in [6.07, 6.45) is 2.79. The summed E-state index contributed by atoms with van der Waals surface area (Å²) in [4.78, 5) is 0. The molecule has 0 fully saturated rings. The van der Waals surface area contributed by atoms with Gasteiger partial charge in [0, 0.05) is 5.75 Å². The van der Waals surface area contributed by atoms with Crippen molar-refractivity contribution in [1.29, 1.82) is 0 Å². The van der Waals surface area contributed by atoms with Crippen LogP contribution in [0.1, 0.15) is 46.5 Å². The summed E-state index contributed by atoms with van der Waals surface area (Å²) in [5.74, 6) is 0.395. The molecule has 0 aromatic heterocycles. The van der Waals surface area contributed by atoms with E-state index in [9.17, 15) is 13.5 Å². The zero-order valence-electron chi connectivity index (χ0n) is 9.41. The van der Waals surface area contributed by atoms with E-state index in [1.54, 1.807) is 13.8 Å². The number of hydrogen-bond acceptors (Lipinski definition) is 3. The highest BCUT2D eigenvalue weighted by Crippen LogP contribution is 2.18. The molecule has 4 heteroatoms. The van der Waals surface area contributed by atoms with Crippen LogP contribution in [0, 0.1) is 0 Å². The van der Waals surface area contributed by atoms with Gasteiger partial charge in [-0.1, -0.05) is 20.3 Å². The Hall–Kier alpha value is -0.0900. The van der Waals surface area contributed by atoms with Crippen LogP contribution in [0.3, 0.4) is 0 Å². The fraction of sp³-hybridized carbons (Fsp3) is 1.00. The van der Waals surface area contributed by atoms with Gasteiger partial charge in [0.15, 0.2) is 0 Å². The maximum atomic E-state index is 11.2. The Morgan fingerprint density at radius 1 is 1.21 bits per heavy atom. The first kappa shape index (κ1) is 13.9. The van der Waals surface area contributed by atoms with Gasteiger partial charge in [-0.3, -0.25) is 0 Å². The largest absolute Gasteiger partial charge is 0.390 e. The Labute approximate surface area is 87.4 Å². The summed E-state index contributed by atoms with van der Waals surface area (Å²) in [5, 5.41) is 9.79. The average Bonchev–Trinajstić information content (AvgIpc) is 2.03. The molecule has 0 aliphatic rings. The smallest absolute Gasteiger partial charge is 0.150 e. The molecule has 0 spiro atoms. The second kappa shape index (κ2) is 5.71. The molecule has 1 unspecified atom stereocenters. The standard InChI is InChI=1S/C10H22O3S/c1-4-7-10(3,11)8-6-9-14(12,13)5-2/h11H,4-9H2,1-3H3. The average molecular weight is 222 g/mol. The van der Waals surface area contributed by atoms with Crippen molar-refractivity contribution in [3.8, 4) is 0 Å². The molecule has 0 saturated heterocycles. The van der Waals surface area contributed by atoms with Crippen molar-refractivity contribution in [2.24, 2.45) is 0 Å². The fourth-order valence-corrected chi connectivity index (χ4v) is 2.35. The molecule has 1 N–H and O–H groups in total. The Balaban J connectivity index is 3.85. The van der Waals surface area contributed by atoms with Crippen molar-refractivity contribution < 1.29 is 13.5 Å². The van der Waals surface area contributed by atoms with Crippen LogP contribution in [0.4, 0.5) is 0 Å². The minimum Gasteiger partial charge on any atom is -0.390 e. The molecule has 0 amide bonds. The summed E-state index contributed by atoms with van der Waals surface area (Å²) in [6.45, 7) is 5.44. The summed E-state index contributed by atoms with van der Waals surface area (Å²) in [7, 11) is -2.87. The quantitative estimate of drug-likeness (QED) is 0.714. The van der Waals surface area contributed by atoms with Crippen LogP contribution in [-0.4, -0.2) is 30.6 Å². The van der Waals surface area contributed by atoms with E-state index in [0.717, 1.165) is 12.8 Å². The van der Waals surface area contributed by atoms with Gasteiger partial charge in [-0.25, -0.2) is 8.42 Å². The summed E-state index contributed by atoms with van der Waals surface area (Å²) in [6, 6.07) is 0. The molecule has 14 heavy (non-hydrogen) atoms. The first-order valence-electron chi connectivity index (χ1n) is 5.26. The molecule has 0 rings (SSSR count). The van der Waals surface area contributed by atoms with E-state index in [1.165, 1.54) is 0 Å². The van der Waals surface area contributed by atoms with Gasteiger partial charge in [-0.15, -0.1) is 0 Å². The van der Waals surface area contributed by atoms with Crippen molar-refractivity contribution in [3.05, 3.63) is 0 Å². The Kier molecular flexibility index (Phi) is 5.67. The van der Waals surface area contributed by atoms with Crippen LogP contribution in [-0.2, 0) is 9.84 Å². The lowest BCUT2D eigenvalue weighted by Gasteiger charge is -2.22. The molecule has 0 aromatic carbocycles. The Morgan fingerprint density at radius 3 is 2.21 bits per heavy atom. The highest BCUT2D eigenvalue weighted by molar-refractivity contribution is 7.91. The molecule has 1 atom stereocenters. The molecule has 0 aliphatic carbocycles. The summed E-state index contributed by atoms with van der Waals surface area (Å²) in [5.41, 5.74) is -0.696. The second-order valence-corrected chi connectivity index (χ2v) is 6.56. The van der Waals surface area contributed by atoms with Crippen LogP contribution in [0.25, 0.3) is 0 Å². The zero-order valence-corrected chi connectivity index (χ0v) is 10.2. The predicted octanol–water partition coefficient (Wildman–Crippen LogP) is 1.75. The van der Waals surface area contributed by atoms with E-state index >= 15 is 0 Å². The lowest BCUT2D eigenvalue weighted by Crippen LogP contribution is -2.24. The van der Waals surface area contributed by atoms with Gasteiger partial charge in [0.2, 0.25) is 0 Å². The molecular formula is C10H22O3S. The summed E-state index contributed by atoms with van der Waals surface area (Å²) >= 11 is 0. The van der Waals surface area contributed by atoms with Crippen molar-refractivity contribution in [2.75, 3.05) is 11.5 Å². The minimum absolute atomic E-state index is 0.197. The molecule has 86 valence electrons. The molecule has 0 bridgehead atoms. The van der Waals surface area contributed by atoms with Gasteiger partial charge < -0.3 is 5.11 Å². The Morgan fingerprint density at radius 2 is 1.79 bits per heavy atom. The number of aliphatic hydroxyl groups is 1.